The number of hydrogen-bond donors (Lipinski definition) is 3. The average Bonchev–Trinajstić information content (AvgIpc) is 3.04. The normalized spacial score (nSPS) is 19.9. The van der Waals surface area contributed by atoms with Crippen molar-refractivity contribution >= 4 is 11.8 Å². The van der Waals surface area contributed by atoms with Gasteiger partial charge in [0.05, 0.1) is 5.69 Å². The van der Waals surface area contributed by atoms with Crippen LogP contribution in [0.2, 0.25) is 0 Å². The number of aromatic amines is 1. The molecule has 0 saturated heterocycles. The number of nitrogens with zero attached hydrogens (tertiary/aromatic N) is 1. The van der Waals surface area contributed by atoms with E-state index in [1.54, 1.807) is 6.07 Å². The van der Waals surface area contributed by atoms with E-state index < -0.39 is 5.91 Å². The van der Waals surface area contributed by atoms with Crippen LogP contribution < -0.4 is 10.9 Å². The Labute approximate surface area is 121 Å². The van der Waals surface area contributed by atoms with Gasteiger partial charge < -0.3 is 0 Å². The molecule has 0 aliphatic heterocycles. The van der Waals surface area contributed by atoms with Crippen LogP contribution in [0.25, 0.3) is 11.3 Å². The maximum atomic E-state index is 11.9. The minimum atomic E-state index is -0.411. The van der Waals surface area contributed by atoms with Gasteiger partial charge in [-0.05, 0) is 18.4 Å². The largest absolute Gasteiger partial charge is 0.287 e. The number of hydrogen-bond acceptors (Lipinski definition) is 3. The fraction of sp³-hybridized carbons (Fsp3) is 0.267. The molecule has 108 valence electrons. The quantitative estimate of drug-likeness (QED) is 0.746. The Morgan fingerprint density at radius 2 is 1.95 bits per heavy atom. The first kappa shape index (κ1) is 13.4. The first-order valence-corrected chi connectivity index (χ1v) is 6.86. The second-order valence-electron chi connectivity index (χ2n) is 5.30. The Hall–Kier alpha value is -2.63. The van der Waals surface area contributed by atoms with E-state index in [9.17, 15) is 9.59 Å². The van der Waals surface area contributed by atoms with Gasteiger partial charge in [-0.2, -0.15) is 5.10 Å². The summed E-state index contributed by atoms with van der Waals surface area (Å²) < 4.78 is 0. The van der Waals surface area contributed by atoms with E-state index in [1.165, 1.54) is 0 Å². The van der Waals surface area contributed by atoms with Gasteiger partial charge in [-0.15, -0.1) is 0 Å². The molecule has 1 aliphatic rings. The van der Waals surface area contributed by atoms with E-state index in [1.807, 2.05) is 37.3 Å². The number of H-pyrrole nitrogens is 1. The SMILES string of the molecule is C[C@H]1C[C@@H]1C(=O)NNC(=O)c1cc(-c2ccccc2)n[nH]1. The predicted octanol–water partition coefficient (Wildman–Crippen LogP) is 1.49. The highest BCUT2D eigenvalue weighted by molar-refractivity contribution is 5.95. The summed E-state index contributed by atoms with van der Waals surface area (Å²) in [6.45, 7) is 2.01. The zero-order valence-electron chi connectivity index (χ0n) is 11.6. The highest BCUT2D eigenvalue weighted by Gasteiger charge is 2.39. The highest BCUT2D eigenvalue weighted by Crippen LogP contribution is 2.37. The van der Waals surface area contributed by atoms with E-state index in [2.05, 4.69) is 21.0 Å². The minimum absolute atomic E-state index is 0.0203. The molecule has 2 aromatic rings. The van der Waals surface area contributed by atoms with Gasteiger partial charge in [0.25, 0.3) is 5.91 Å². The summed E-state index contributed by atoms with van der Waals surface area (Å²) in [5.41, 5.74) is 6.74. The fourth-order valence-electron chi connectivity index (χ4n) is 2.16. The van der Waals surface area contributed by atoms with Crippen LogP contribution in [0.1, 0.15) is 23.8 Å². The zero-order chi connectivity index (χ0) is 14.8. The van der Waals surface area contributed by atoms with Crippen molar-refractivity contribution in [3.63, 3.8) is 0 Å². The molecule has 6 nitrogen and oxygen atoms in total. The van der Waals surface area contributed by atoms with Crippen LogP contribution in [-0.2, 0) is 4.79 Å². The molecule has 1 heterocycles. The lowest BCUT2D eigenvalue weighted by Crippen LogP contribution is -2.42. The summed E-state index contributed by atoms with van der Waals surface area (Å²) in [6.07, 6.45) is 0.879. The molecule has 6 heteroatoms. The monoisotopic (exact) mass is 284 g/mol. The number of nitrogens with one attached hydrogen (secondary N) is 3. The van der Waals surface area contributed by atoms with Crippen molar-refractivity contribution in [2.45, 2.75) is 13.3 Å². The fourth-order valence-corrected chi connectivity index (χ4v) is 2.16. The molecule has 0 spiro atoms. The third kappa shape index (κ3) is 2.94. The van der Waals surface area contributed by atoms with E-state index in [0.717, 1.165) is 12.0 Å². The first-order chi connectivity index (χ1) is 10.1. The number of rotatable bonds is 3. The molecular formula is C15H16N4O2. The second kappa shape index (κ2) is 5.40. The molecule has 2 atom stereocenters. The number of hydrazine groups is 1. The van der Waals surface area contributed by atoms with Crippen LogP contribution in [0.4, 0.5) is 0 Å². The Kier molecular flexibility index (Phi) is 3.43. The molecule has 1 aliphatic carbocycles. The third-order valence-corrected chi connectivity index (χ3v) is 3.64. The highest BCUT2D eigenvalue weighted by atomic mass is 16.2. The van der Waals surface area contributed by atoms with Gasteiger partial charge in [0.15, 0.2) is 0 Å². The molecule has 1 fully saturated rings. The smallest absolute Gasteiger partial charge is 0.273 e. The van der Waals surface area contributed by atoms with Crippen molar-refractivity contribution < 1.29 is 9.59 Å². The number of carbonyl (C=O) groups excluding carboxylic acids is 2. The standard InChI is InChI=1S/C15H16N4O2/c1-9-7-11(9)14(20)18-19-15(21)13-8-12(16-17-13)10-5-3-2-4-6-10/h2-6,8-9,11H,7H2,1H3,(H,16,17)(H,18,20)(H,19,21)/t9-,11-/m0/s1. The Bertz CT molecular complexity index is 665. The summed E-state index contributed by atoms with van der Waals surface area (Å²) in [7, 11) is 0. The zero-order valence-corrected chi connectivity index (χ0v) is 11.6. The van der Waals surface area contributed by atoms with Crippen molar-refractivity contribution in [2.75, 3.05) is 0 Å². The van der Waals surface area contributed by atoms with Gasteiger partial charge in [0.2, 0.25) is 5.91 Å². The number of carbonyl (C=O) groups is 2. The van der Waals surface area contributed by atoms with Crippen LogP contribution in [0.5, 0.6) is 0 Å². The van der Waals surface area contributed by atoms with Gasteiger partial charge in [-0.25, -0.2) is 0 Å². The summed E-state index contributed by atoms with van der Waals surface area (Å²) in [5.74, 6) is -0.129. The summed E-state index contributed by atoms with van der Waals surface area (Å²) in [5, 5.41) is 6.76. The minimum Gasteiger partial charge on any atom is -0.273 e. The lowest BCUT2D eigenvalue weighted by Gasteiger charge is -2.04. The van der Waals surface area contributed by atoms with Gasteiger partial charge in [0, 0.05) is 11.5 Å². The molecule has 1 aromatic carbocycles. The van der Waals surface area contributed by atoms with Crippen molar-refractivity contribution in [1.82, 2.24) is 21.0 Å². The van der Waals surface area contributed by atoms with E-state index >= 15 is 0 Å². The molecule has 3 N–H and O–H groups in total. The number of amides is 2. The van der Waals surface area contributed by atoms with Crippen molar-refractivity contribution in [3.8, 4) is 11.3 Å². The van der Waals surface area contributed by atoms with Gasteiger partial charge in [0.1, 0.15) is 5.69 Å². The van der Waals surface area contributed by atoms with Crippen LogP contribution in [-0.4, -0.2) is 22.0 Å². The first-order valence-electron chi connectivity index (χ1n) is 6.86. The maximum Gasteiger partial charge on any atom is 0.287 e. The van der Waals surface area contributed by atoms with Gasteiger partial charge >= 0.3 is 0 Å². The topological polar surface area (TPSA) is 86.9 Å². The lowest BCUT2D eigenvalue weighted by atomic mass is 10.1. The van der Waals surface area contributed by atoms with Crippen LogP contribution >= 0.6 is 0 Å². The van der Waals surface area contributed by atoms with E-state index in [4.69, 9.17) is 0 Å². The Morgan fingerprint density at radius 1 is 1.24 bits per heavy atom. The maximum absolute atomic E-state index is 11.9. The Morgan fingerprint density at radius 3 is 2.62 bits per heavy atom. The van der Waals surface area contributed by atoms with Gasteiger partial charge in [-0.1, -0.05) is 37.3 Å². The van der Waals surface area contributed by atoms with Gasteiger partial charge in [-0.3, -0.25) is 25.5 Å². The molecule has 1 saturated carbocycles. The molecule has 3 rings (SSSR count). The van der Waals surface area contributed by atoms with E-state index in [0.29, 0.717) is 17.3 Å². The lowest BCUT2D eigenvalue weighted by molar-refractivity contribution is -0.123. The van der Waals surface area contributed by atoms with Crippen LogP contribution in [0, 0.1) is 11.8 Å². The summed E-state index contributed by atoms with van der Waals surface area (Å²) in [6, 6.07) is 11.2. The molecule has 2 amide bonds. The Balaban J connectivity index is 1.61. The average molecular weight is 284 g/mol. The third-order valence-electron chi connectivity index (χ3n) is 3.64. The molecule has 0 radical (unpaired) electrons. The van der Waals surface area contributed by atoms with E-state index in [-0.39, 0.29) is 11.8 Å². The van der Waals surface area contributed by atoms with Crippen LogP contribution in [0.3, 0.4) is 0 Å². The molecule has 1 aromatic heterocycles. The molecule has 21 heavy (non-hydrogen) atoms. The summed E-state index contributed by atoms with van der Waals surface area (Å²) in [4.78, 5) is 23.5. The summed E-state index contributed by atoms with van der Waals surface area (Å²) >= 11 is 0. The van der Waals surface area contributed by atoms with Crippen molar-refractivity contribution in [3.05, 3.63) is 42.1 Å². The number of benzene rings is 1. The second-order valence-corrected chi connectivity index (χ2v) is 5.30. The van der Waals surface area contributed by atoms with Crippen molar-refractivity contribution in [1.29, 1.82) is 0 Å². The predicted molar refractivity (Wildman–Crippen MR) is 76.9 cm³/mol. The van der Waals surface area contributed by atoms with Crippen molar-refractivity contribution in [2.24, 2.45) is 11.8 Å². The molecule has 0 bridgehead atoms. The number of aromatic nitrogens is 2. The molecular weight excluding hydrogens is 268 g/mol. The van der Waals surface area contributed by atoms with Crippen LogP contribution in [0.15, 0.2) is 36.4 Å². The molecule has 0 unspecified atom stereocenters.